The third-order valence-electron chi connectivity index (χ3n) is 3.72. The van der Waals surface area contributed by atoms with Crippen molar-refractivity contribution in [1.82, 2.24) is 14.6 Å². The highest BCUT2D eigenvalue weighted by molar-refractivity contribution is 5.68. The van der Waals surface area contributed by atoms with E-state index < -0.39 is 0 Å². The number of imidazole rings is 1. The number of benzene rings is 1. The number of rotatable bonds is 2. The van der Waals surface area contributed by atoms with E-state index in [0.717, 1.165) is 34.0 Å². The fraction of sp³-hybridized carbons (Fsp3) is 0.250. The molecule has 0 bridgehead atoms. The van der Waals surface area contributed by atoms with Crippen molar-refractivity contribution in [3.63, 3.8) is 0 Å². The van der Waals surface area contributed by atoms with Crippen LogP contribution in [0.2, 0.25) is 0 Å². The number of ether oxygens (including phenoxy) is 2. The lowest BCUT2D eigenvalue weighted by Gasteiger charge is -2.19. The third-order valence-corrected chi connectivity index (χ3v) is 3.72. The van der Waals surface area contributed by atoms with Gasteiger partial charge in [-0.05, 0) is 31.2 Å². The SMILES string of the molecule is C[C@H](N)c1cc2nccn2nc1-c1ccc2c(c1)OCCO2. The minimum atomic E-state index is -0.141. The molecule has 0 aliphatic carbocycles. The Morgan fingerprint density at radius 2 is 2.00 bits per heavy atom. The summed E-state index contributed by atoms with van der Waals surface area (Å²) in [7, 11) is 0. The van der Waals surface area contributed by atoms with Gasteiger partial charge in [0.1, 0.15) is 13.2 Å². The van der Waals surface area contributed by atoms with Crippen molar-refractivity contribution >= 4 is 5.65 Å². The summed E-state index contributed by atoms with van der Waals surface area (Å²) in [5, 5.41) is 4.65. The molecule has 0 saturated carbocycles. The van der Waals surface area contributed by atoms with Gasteiger partial charge in [0.25, 0.3) is 0 Å². The largest absolute Gasteiger partial charge is 0.486 e. The average molecular weight is 296 g/mol. The van der Waals surface area contributed by atoms with Crippen molar-refractivity contribution in [2.45, 2.75) is 13.0 Å². The predicted octanol–water partition coefficient (Wildman–Crippen LogP) is 2.19. The molecule has 1 aliphatic heterocycles. The Labute approximate surface area is 127 Å². The van der Waals surface area contributed by atoms with Crippen molar-refractivity contribution in [2.24, 2.45) is 5.73 Å². The van der Waals surface area contributed by atoms with E-state index >= 15 is 0 Å². The van der Waals surface area contributed by atoms with Crippen LogP contribution >= 0.6 is 0 Å². The van der Waals surface area contributed by atoms with Crippen LogP contribution in [-0.4, -0.2) is 27.8 Å². The Morgan fingerprint density at radius 3 is 2.82 bits per heavy atom. The molecule has 3 heterocycles. The molecule has 112 valence electrons. The fourth-order valence-corrected chi connectivity index (χ4v) is 2.63. The molecule has 0 unspecified atom stereocenters. The van der Waals surface area contributed by atoms with Crippen molar-refractivity contribution in [1.29, 1.82) is 0 Å². The number of fused-ring (bicyclic) bond motifs is 2. The molecule has 2 aromatic heterocycles. The molecule has 1 aromatic carbocycles. The number of hydrogen-bond acceptors (Lipinski definition) is 5. The minimum Gasteiger partial charge on any atom is -0.486 e. The second-order valence-electron chi connectivity index (χ2n) is 5.33. The summed E-state index contributed by atoms with van der Waals surface area (Å²) in [6.45, 7) is 3.08. The van der Waals surface area contributed by atoms with E-state index in [9.17, 15) is 0 Å². The molecule has 0 radical (unpaired) electrons. The van der Waals surface area contributed by atoms with Crippen LogP contribution in [0.25, 0.3) is 16.9 Å². The van der Waals surface area contributed by atoms with Gasteiger partial charge in [0.2, 0.25) is 0 Å². The maximum Gasteiger partial charge on any atom is 0.162 e. The predicted molar refractivity (Wildman–Crippen MR) is 82.0 cm³/mol. The van der Waals surface area contributed by atoms with Crippen molar-refractivity contribution in [3.8, 4) is 22.8 Å². The topological polar surface area (TPSA) is 74.7 Å². The second kappa shape index (κ2) is 4.99. The maximum atomic E-state index is 6.12. The Hall–Kier alpha value is -2.60. The number of hydrogen-bond donors (Lipinski definition) is 1. The smallest absolute Gasteiger partial charge is 0.162 e. The molecule has 3 aromatic rings. The summed E-state index contributed by atoms with van der Waals surface area (Å²) in [5.74, 6) is 1.51. The third kappa shape index (κ3) is 2.08. The summed E-state index contributed by atoms with van der Waals surface area (Å²) in [6, 6.07) is 7.67. The molecule has 6 heteroatoms. The van der Waals surface area contributed by atoms with Crippen LogP contribution in [0.15, 0.2) is 36.7 Å². The first-order valence-electron chi connectivity index (χ1n) is 7.22. The van der Waals surface area contributed by atoms with E-state index in [0.29, 0.717) is 13.2 Å². The van der Waals surface area contributed by atoms with Gasteiger partial charge in [-0.25, -0.2) is 9.50 Å². The van der Waals surface area contributed by atoms with E-state index in [4.69, 9.17) is 15.2 Å². The second-order valence-corrected chi connectivity index (χ2v) is 5.33. The highest BCUT2D eigenvalue weighted by Gasteiger charge is 2.17. The van der Waals surface area contributed by atoms with Gasteiger partial charge in [-0.15, -0.1) is 0 Å². The lowest BCUT2D eigenvalue weighted by Crippen LogP contribution is -2.15. The summed E-state index contributed by atoms with van der Waals surface area (Å²) >= 11 is 0. The van der Waals surface area contributed by atoms with Gasteiger partial charge >= 0.3 is 0 Å². The monoisotopic (exact) mass is 296 g/mol. The van der Waals surface area contributed by atoms with Gasteiger partial charge in [-0.2, -0.15) is 5.10 Å². The van der Waals surface area contributed by atoms with Crippen LogP contribution in [0.4, 0.5) is 0 Å². The van der Waals surface area contributed by atoms with Gasteiger partial charge in [0.15, 0.2) is 17.1 Å². The first kappa shape index (κ1) is 13.1. The zero-order valence-electron chi connectivity index (χ0n) is 12.2. The zero-order chi connectivity index (χ0) is 15.1. The van der Waals surface area contributed by atoms with Crippen LogP contribution in [-0.2, 0) is 0 Å². The number of nitrogens with two attached hydrogens (primary N) is 1. The van der Waals surface area contributed by atoms with Crippen LogP contribution in [0.5, 0.6) is 11.5 Å². The van der Waals surface area contributed by atoms with Crippen molar-refractivity contribution in [2.75, 3.05) is 13.2 Å². The molecule has 4 rings (SSSR count). The summed E-state index contributed by atoms with van der Waals surface area (Å²) < 4.78 is 13.0. The van der Waals surface area contributed by atoms with Gasteiger partial charge in [-0.3, -0.25) is 0 Å². The molecule has 1 atom stereocenters. The lowest BCUT2D eigenvalue weighted by atomic mass is 10.0. The molecule has 0 spiro atoms. The Kier molecular flexibility index (Phi) is 2.97. The van der Waals surface area contributed by atoms with E-state index in [1.54, 1.807) is 10.7 Å². The van der Waals surface area contributed by atoms with E-state index in [1.165, 1.54) is 0 Å². The molecular formula is C16H16N4O2. The molecular weight excluding hydrogens is 280 g/mol. The highest BCUT2D eigenvalue weighted by atomic mass is 16.6. The normalized spacial score (nSPS) is 15.0. The van der Waals surface area contributed by atoms with Gasteiger partial charge < -0.3 is 15.2 Å². The van der Waals surface area contributed by atoms with E-state index in [2.05, 4.69) is 10.1 Å². The van der Waals surface area contributed by atoms with Gasteiger partial charge in [0, 0.05) is 29.6 Å². The van der Waals surface area contributed by atoms with Crippen LogP contribution in [0, 0.1) is 0 Å². The molecule has 0 amide bonds. The van der Waals surface area contributed by atoms with Crippen molar-refractivity contribution < 1.29 is 9.47 Å². The highest BCUT2D eigenvalue weighted by Crippen LogP contribution is 2.35. The first-order valence-corrected chi connectivity index (χ1v) is 7.22. The van der Waals surface area contributed by atoms with Crippen LogP contribution in [0.1, 0.15) is 18.5 Å². The standard InChI is InChI=1S/C16H16N4O2/c1-10(17)12-9-15-18-4-5-20(15)19-16(12)11-2-3-13-14(8-11)22-7-6-21-13/h2-5,8-10H,6-7,17H2,1H3/t10-/m0/s1. The lowest BCUT2D eigenvalue weighted by molar-refractivity contribution is 0.171. The summed E-state index contributed by atoms with van der Waals surface area (Å²) in [4.78, 5) is 4.27. The fourth-order valence-electron chi connectivity index (χ4n) is 2.63. The molecule has 6 nitrogen and oxygen atoms in total. The van der Waals surface area contributed by atoms with Gasteiger partial charge in [-0.1, -0.05) is 0 Å². The Balaban J connectivity index is 1.90. The Morgan fingerprint density at radius 1 is 1.18 bits per heavy atom. The quantitative estimate of drug-likeness (QED) is 0.784. The zero-order valence-corrected chi connectivity index (χ0v) is 12.2. The average Bonchev–Trinajstić information content (AvgIpc) is 3.00. The molecule has 2 N–H and O–H groups in total. The summed E-state index contributed by atoms with van der Waals surface area (Å²) in [6.07, 6.45) is 3.54. The van der Waals surface area contributed by atoms with Crippen molar-refractivity contribution in [3.05, 3.63) is 42.2 Å². The van der Waals surface area contributed by atoms with Crippen LogP contribution in [0.3, 0.4) is 0 Å². The Bertz CT molecular complexity index is 841. The maximum absolute atomic E-state index is 6.12. The molecule has 1 aliphatic rings. The van der Waals surface area contributed by atoms with E-state index in [-0.39, 0.29) is 6.04 Å². The van der Waals surface area contributed by atoms with Gasteiger partial charge in [0.05, 0.1) is 5.69 Å². The molecule has 22 heavy (non-hydrogen) atoms. The summed E-state index contributed by atoms with van der Waals surface area (Å²) in [5.41, 5.74) is 9.64. The molecule has 0 saturated heterocycles. The number of nitrogens with zero attached hydrogens (tertiary/aromatic N) is 3. The number of aromatic nitrogens is 3. The van der Waals surface area contributed by atoms with Crippen LogP contribution < -0.4 is 15.2 Å². The van der Waals surface area contributed by atoms with E-state index in [1.807, 2.05) is 37.4 Å². The minimum absolute atomic E-state index is 0.141. The molecule has 0 fully saturated rings. The first-order chi connectivity index (χ1) is 10.7.